The number of nitrogens with one attached hydrogen (secondary N) is 1. The van der Waals surface area contributed by atoms with Gasteiger partial charge in [0.1, 0.15) is 11.6 Å². The molecule has 1 aromatic rings. The van der Waals surface area contributed by atoms with Gasteiger partial charge in [-0.25, -0.2) is 0 Å². The van der Waals surface area contributed by atoms with Crippen molar-refractivity contribution in [3.63, 3.8) is 0 Å². The average Bonchev–Trinajstić information content (AvgIpc) is 2.83. The lowest BCUT2D eigenvalue weighted by molar-refractivity contribution is -0.131. The first-order chi connectivity index (χ1) is 12.2. The van der Waals surface area contributed by atoms with Crippen LogP contribution in [0.15, 0.2) is 0 Å². The lowest BCUT2D eigenvalue weighted by Crippen LogP contribution is -2.42. The molecule has 9 heteroatoms. The Morgan fingerprint density at radius 3 is 2.26 bits per heavy atom. The maximum absolute atomic E-state index is 12.0. The highest BCUT2D eigenvalue weighted by molar-refractivity contribution is 5.85. The van der Waals surface area contributed by atoms with E-state index in [4.69, 9.17) is 0 Å². The number of amides is 1. The molecule has 1 amide bonds. The summed E-state index contributed by atoms with van der Waals surface area (Å²) < 4.78 is 2.20. The van der Waals surface area contributed by atoms with E-state index < -0.39 is 0 Å². The van der Waals surface area contributed by atoms with Crippen molar-refractivity contribution in [2.24, 2.45) is 7.05 Å². The van der Waals surface area contributed by atoms with E-state index in [1.807, 2.05) is 11.9 Å². The van der Waals surface area contributed by atoms with Gasteiger partial charge in [-0.05, 0) is 45.8 Å². The lowest BCUT2D eigenvalue weighted by Gasteiger charge is -2.31. The maximum atomic E-state index is 12.0. The summed E-state index contributed by atoms with van der Waals surface area (Å²) in [6.45, 7) is 5.32. The number of likely N-dealkylation sites (tertiary alicyclic amines) is 2. The number of halogens is 2. The van der Waals surface area contributed by atoms with Gasteiger partial charge in [0, 0.05) is 26.1 Å². The Kier molecular flexibility index (Phi) is 10.6. The molecule has 0 radical (unpaired) electrons. The van der Waals surface area contributed by atoms with Gasteiger partial charge in [-0.1, -0.05) is 12.8 Å². The first kappa shape index (κ1) is 24.1. The van der Waals surface area contributed by atoms with Crippen LogP contribution in [0.2, 0.25) is 0 Å². The van der Waals surface area contributed by atoms with E-state index in [0.717, 1.165) is 44.1 Å². The fourth-order valence-corrected chi connectivity index (χ4v) is 4.01. The van der Waals surface area contributed by atoms with Crippen LogP contribution in [0.1, 0.15) is 56.1 Å². The van der Waals surface area contributed by atoms with Crippen molar-refractivity contribution >= 4 is 30.7 Å². The van der Waals surface area contributed by atoms with Crippen molar-refractivity contribution in [1.82, 2.24) is 29.9 Å². The Balaban J connectivity index is 0.00000182. The van der Waals surface area contributed by atoms with Gasteiger partial charge in [-0.15, -0.1) is 35.0 Å². The molecule has 2 aliphatic heterocycles. The highest BCUT2D eigenvalue weighted by atomic mass is 35.5. The molecule has 7 nitrogen and oxygen atoms in total. The van der Waals surface area contributed by atoms with Gasteiger partial charge in [-0.2, -0.15) is 0 Å². The molecule has 3 heterocycles. The van der Waals surface area contributed by atoms with Gasteiger partial charge in [0.15, 0.2) is 0 Å². The van der Waals surface area contributed by atoms with E-state index in [9.17, 15) is 4.79 Å². The van der Waals surface area contributed by atoms with E-state index in [-0.39, 0.29) is 30.7 Å². The summed E-state index contributed by atoms with van der Waals surface area (Å²) in [5, 5.41) is 11.9. The topological polar surface area (TPSA) is 66.3 Å². The average molecular weight is 421 g/mol. The van der Waals surface area contributed by atoms with E-state index >= 15 is 0 Å². The second-order valence-electron chi connectivity index (χ2n) is 7.41. The summed E-state index contributed by atoms with van der Waals surface area (Å²) in [4.78, 5) is 16.5. The standard InChI is InChI=1S/C18H32N6O.2ClH/c1-19-13-17(25)24-11-7-15(8-12-24)18-21-20-16(22(18)2)14-23-9-5-3-4-6-10-23;;/h15,19H,3-14H2,1-2H3;2*1H. The SMILES string of the molecule is CNCC(=O)N1CCC(c2nnc(CN3CCCCCC3)n2C)CC1.Cl.Cl. The first-order valence-electron chi connectivity index (χ1n) is 9.72. The Labute approximate surface area is 175 Å². The molecule has 2 saturated heterocycles. The number of hydrogen-bond acceptors (Lipinski definition) is 5. The third-order valence-electron chi connectivity index (χ3n) is 5.60. The lowest BCUT2D eigenvalue weighted by atomic mass is 9.96. The molecule has 2 fully saturated rings. The molecular weight excluding hydrogens is 387 g/mol. The summed E-state index contributed by atoms with van der Waals surface area (Å²) in [5.41, 5.74) is 0. The van der Waals surface area contributed by atoms with Gasteiger partial charge >= 0.3 is 0 Å². The fourth-order valence-electron chi connectivity index (χ4n) is 4.01. The molecule has 3 rings (SSSR count). The van der Waals surface area contributed by atoms with Crippen LogP contribution in [-0.4, -0.2) is 70.2 Å². The van der Waals surface area contributed by atoms with Crippen LogP contribution >= 0.6 is 24.8 Å². The Hall–Kier alpha value is -0.890. The van der Waals surface area contributed by atoms with E-state index in [2.05, 4.69) is 32.0 Å². The quantitative estimate of drug-likeness (QED) is 0.788. The van der Waals surface area contributed by atoms with Gasteiger partial charge in [0.2, 0.25) is 5.91 Å². The van der Waals surface area contributed by atoms with E-state index in [0.29, 0.717) is 12.5 Å². The zero-order valence-corrected chi connectivity index (χ0v) is 18.2. The highest BCUT2D eigenvalue weighted by Gasteiger charge is 2.27. The number of carbonyl (C=O) groups is 1. The Morgan fingerprint density at radius 2 is 1.67 bits per heavy atom. The molecular formula is C18H34Cl2N6O. The smallest absolute Gasteiger partial charge is 0.236 e. The predicted octanol–water partition coefficient (Wildman–Crippen LogP) is 1.96. The molecule has 156 valence electrons. The predicted molar refractivity (Wildman–Crippen MR) is 112 cm³/mol. The third kappa shape index (κ3) is 6.31. The molecule has 1 N–H and O–H groups in total. The second kappa shape index (κ2) is 11.8. The minimum Gasteiger partial charge on any atom is -0.342 e. The van der Waals surface area contributed by atoms with Crippen LogP contribution in [0.25, 0.3) is 0 Å². The van der Waals surface area contributed by atoms with Crippen molar-refractivity contribution in [2.75, 3.05) is 39.8 Å². The summed E-state index contributed by atoms with van der Waals surface area (Å²) in [7, 11) is 3.91. The van der Waals surface area contributed by atoms with Crippen molar-refractivity contribution in [2.45, 2.75) is 51.0 Å². The van der Waals surface area contributed by atoms with Crippen LogP contribution in [0, 0.1) is 0 Å². The van der Waals surface area contributed by atoms with Crippen LogP contribution in [0.5, 0.6) is 0 Å². The zero-order chi connectivity index (χ0) is 17.6. The van der Waals surface area contributed by atoms with E-state index in [1.54, 1.807) is 0 Å². The summed E-state index contributed by atoms with van der Waals surface area (Å²) >= 11 is 0. The minimum absolute atomic E-state index is 0. The fraction of sp³-hybridized carbons (Fsp3) is 0.833. The number of rotatable bonds is 5. The normalized spacial score (nSPS) is 19.1. The molecule has 0 aliphatic carbocycles. The molecule has 0 spiro atoms. The van der Waals surface area contributed by atoms with Crippen molar-refractivity contribution in [3.05, 3.63) is 11.6 Å². The molecule has 0 aromatic carbocycles. The van der Waals surface area contributed by atoms with Gasteiger partial charge in [0.05, 0.1) is 13.1 Å². The van der Waals surface area contributed by atoms with Crippen molar-refractivity contribution in [3.8, 4) is 0 Å². The van der Waals surface area contributed by atoms with Crippen molar-refractivity contribution in [1.29, 1.82) is 0 Å². The molecule has 1 aromatic heterocycles. The van der Waals surface area contributed by atoms with E-state index in [1.165, 1.54) is 38.8 Å². The van der Waals surface area contributed by atoms with Crippen LogP contribution in [0.4, 0.5) is 0 Å². The monoisotopic (exact) mass is 420 g/mol. The second-order valence-corrected chi connectivity index (χ2v) is 7.41. The van der Waals surface area contributed by atoms with Gasteiger partial charge < -0.3 is 14.8 Å². The number of aromatic nitrogens is 3. The summed E-state index contributed by atoms with van der Waals surface area (Å²) in [5.74, 6) is 2.77. The van der Waals surface area contributed by atoms with Gasteiger partial charge in [-0.3, -0.25) is 9.69 Å². The highest BCUT2D eigenvalue weighted by Crippen LogP contribution is 2.27. The number of piperidine rings is 1. The molecule has 0 atom stereocenters. The number of hydrogen-bond donors (Lipinski definition) is 1. The van der Waals surface area contributed by atoms with Gasteiger partial charge in [0.25, 0.3) is 0 Å². The number of likely N-dealkylation sites (N-methyl/N-ethyl adjacent to an activating group) is 1. The van der Waals surface area contributed by atoms with Crippen LogP contribution in [0.3, 0.4) is 0 Å². The summed E-state index contributed by atoms with van der Waals surface area (Å²) in [6.07, 6.45) is 7.25. The third-order valence-corrected chi connectivity index (χ3v) is 5.60. The molecule has 27 heavy (non-hydrogen) atoms. The number of carbonyl (C=O) groups excluding carboxylic acids is 1. The Morgan fingerprint density at radius 1 is 1.04 bits per heavy atom. The molecule has 2 aliphatic rings. The minimum atomic E-state index is 0. The van der Waals surface area contributed by atoms with Crippen LogP contribution < -0.4 is 5.32 Å². The van der Waals surface area contributed by atoms with Crippen molar-refractivity contribution < 1.29 is 4.79 Å². The molecule has 0 bridgehead atoms. The van der Waals surface area contributed by atoms with Crippen LogP contribution in [-0.2, 0) is 18.4 Å². The number of nitrogens with zero attached hydrogens (tertiary/aromatic N) is 5. The maximum Gasteiger partial charge on any atom is 0.236 e. The molecule has 0 unspecified atom stereocenters. The summed E-state index contributed by atoms with van der Waals surface area (Å²) in [6, 6.07) is 0. The zero-order valence-electron chi connectivity index (χ0n) is 16.5. The first-order valence-corrected chi connectivity index (χ1v) is 9.72. The largest absolute Gasteiger partial charge is 0.342 e. The molecule has 0 saturated carbocycles. The Bertz CT molecular complexity index is 566.